The zero-order valence-electron chi connectivity index (χ0n) is 9.20. The monoisotopic (exact) mass is 205 g/mol. The maximum absolute atomic E-state index is 10.9. The summed E-state index contributed by atoms with van der Waals surface area (Å²) >= 11 is 0. The second-order valence-electron chi connectivity index (χ2n) is 3.34. The SMILES string of the molecule is COC(=O)/C=C(/C)Nc1cccc(C)c1. The third-order valence-electron chi connectivity index (χ3n) is 1.90. The summed E-state index contributed by atoms with van der Waals surface area (Å²) in [5, 5.41) is 3.11. The average molecular weight is 205 g/mol. The van der Waals surface area contributed by atoms with Crippen LogP contribution in [-0.4, -0.2) is 13.1 Å². The van der Waals surface area contributed by atoms with Gasteiger partial charge in [-0.3, -0.25) is 0 Å². The maximum atomic E-state index is 10.9. The number of carbonyl (C=O) groups is 1. The number of anilines is 1. The molecule has 0 saturated carbocycles. The molecule has 0 bridgehead atoms. The summed E-state index contributed by atoms with van der Waals surface area (Å²) in [5.74, 6) is -0.354. The lowest BCUT2D eigenvalue weighted by atomic mass is 10.2. The van der Waals surface area contributed by atoms with Gasteiger partial charge in [0.15, 0.2) is 0 Å². The first-order chi connectivity index (χ1) is 7.11. The number of aryl methyl sites for hydroxylation is 1. The lowest BCUT2D eigenvalue weighted by Crippen LogP contribution is -2.01. The number of benzene rings is 1. The van der Waals surface area contributed by atoms with Gasteiger partial charge in [-0.15, -0.1) is 0 Å². The van der Waals surface area contributed by atoms with Gasteiger partial charge in [0.25, 0.3) is 0 Å². The molecule has 0 amide bonds. The van der Waals surface area contributed by atoms with Crippen LogP contribution in [0.3, 0.4) is 0 Å². The minimum Gasteiger partial charge on any atom is -0.466 e. The second kappa shape index (κ2) is 5.20. The van der Waals surface area contributed by atoms with Crippen molar-refractivity contribution in [3.8, 4) is 0 Å². The second-order valence-corrected chi connectivity index (χ2v) is 3.34. The summed E-state index contributed by atoms with van der Waals surface area (Å²) in [6.07, 6.45) is 1.42. The first-order valence-electron chi connectivity index (χ1n) is 4.72. The van der Waals surface area contributed by atoms with Crippen LogP contribution >= 0.6 is 0 Å². The Hall–Kier alpha value is -1.77. The number of esters is 1. The standard InChI is InChI=1S/C12H15NO2/c1-9-5-4-6-11(7-9)13-10(2)8-12(14)15-3/h4-8,13H,1-3H3/b10-8-. The van der Waals surface area contributed by atoms with Crippen LogP contribution in [0.4, 0.5) is 5.69 Å². The first kappa shape index (κ1) is 11.3. The zero-order valence-corrected chi connectivity index (χ0v) is 9.20. The summed E-state index contributed by atoms with van der Waals surface area (Å²) in [6, 6.07) is 7.93. The molecule has 1 aromatic carbocycles. The van der Waals surface area contributed by atoms with Crippen LogP contribution in [0.5, 0.6) is 0 Å². The molecule has 1 aromatic rings. The number of hydrogen-bond acceptors (Lipinski definition) is 3. The van der Waals surface area contributed by atoms with Gasteiger partial charge in [-0.1, -0.05) is 12.1 Å². The topological polar surface area (TPSA) is 38.3 Å². The molecule has 0 aliphatic carbocycles. The Morgan fingerprint density at radius 1 is 1.47 bits per heavy atom. The molecule has 0 aliphatic rings. The van der Waals surface area contributed by atoms with Crippen LogP contribution in [0.1, 0.15) is 12.5 Å². The van der Waals surface area contributed by atoms with E-state index >= 15 is 0 Å². The summed E-state index contributed by atoms with van der Waals surface area (Å²) in [7, 11) is 1.36. The Bertz CT molecular complexity index is 383. The van der Waals surface area contributed by atoms with Crippen molar-refractivity contribution in [1.29, 1.82) is 0 Å². The fourth-order valence-electron chi connectivity index (χ4n) is 1.22. The van der Waals surface area contributed by atoms with Crippen molar-refractivity contribution in [2.45, 2.75) is 13.8 Å². The lowest BCUT2D eigenvalue weighted by Gasteiger charge is -2.06. The zero-order chi connectivity index (χ0) is 11.3. The third-order valence-corrected chi connectivity index (χ3v) is 1.90. The third kappa shape index (κ3) is 3.85. The Morgan fingerprint density at radius 3 is 2.80 bits per heavy atom. The molecule has 0 atom stereocenters. The highest BCUT2D eigenvalue weighted by Gasteiger charge is 1.97. The van der Waals surface area contributed by atoms with E-state index in [0.717, 1.165) is 11.4 Å². The predicted octanol–water partition coefficient (Wildman–Crippen LogP) is 2.48. The van der Waals surface area contributed by atoms with E-state index in [1.807, 2.05) is 38.1 Å². The highest BCUT2D eigenvalue weighted by atomic mass is 16.5. The largest absolute Gasteiger partial charge is 0.466 e. The average Bonchev–Trinajstić information content (AvgIpc) is 2.17. The Balaban J connectivity index is 2.70. The van der Waals surface area contributed by atoms with E-state index in [2.05, 4.69) is 10.1 Å². The van der Waals surface area contributed by atoms with Crippen molar-refractivity contribution in [3.63, 3.8) is 0 Å². The lowest BCUT2D eigenvalue weighted by molar-refractivity contribution is -0.134. The number of ether oxygens (including phenoxy) is 1. The summed E-state index contributed by atoms with van der Waals surface area (Å²) < 4.78 is 4.53. The Labute approximate surface area is 89.8 Å². The molecule has 15 heavy (non-hydrogen) atoms. The van der Waals surface area contributed by atoms with Gasteiger partial charge in [0, 0.05) is 17.5 Å². The maximum Gasteiger partial charge on any atom is 0.332 e. The van der Waals surface area contributed by atoms with Crippen LogP contribution in [0.25, 0.3) is 0 Å². The summed E-state index contributed by atoms with van der Waals surface area (Å²) in [6.45, 7) is 3.84. The van der Waals surface area contributed by atoms with Gasteiger partial charge in [0.1, 0.15) is 0 Å². The minimum atomic E-state index is -0.354. The molecule has 0 spiro atoms. The van der Waals surface area contributed by atoms with E-state index < -0.39 is 0 Å². The van der Waals surface area contributed by atoms with E-state index in [1.165, 1.54) is 18.7 Å². The molecule has 3 heteroatoms. The van der Waals surface area contributed by atoms with Crippen molar-refractivity contribution < 1.29 is 9.53 Å². The first-order valence-corrected chi connectivity index (χ1v) is 4.72. The smallest absolute Gasteiger partial charge is 0.332 e. The van der Waals surface area contributed by atoms with Gasteiger partial charge < -0.3 is 10.1 Å². The van der Waals surface area contributed by atoms with Crippen LogP contribution < -0.4 is 5.32 Å². The predicted molar refractivity (Wildman–Crippen MR) is 60.6 cm³/mol. The highest BCUT2D eigenvalue weighted by Crippen LogP contribution is 2.11. The molecule has 0 fully saturated rings. The minimum absolute atomic E-state index is 0.354. The van der Waals surface area contributed by atoms with Crippen molar-refractivity contribution in [1.82, 2.24) is 0 Å². The number of nitrogens with one attached hydrogen (secondary N) is 1. The van der Waals surface area contributed by atoms with Crippen molar-refractivity contribution >= 4 is 11.7 Å². The molecular weight excluding hydrogens is 190 g/mol. The van der Waals surface area contributed by atoms with Crippen molar-refractivity contribution in [2.75, 3.05) is 12.4 Å². The van der Waals surface area contributed by atoms with Gasteiger partial charge in [-0.05, 0) is 31.5 Å². The van der Waals surface area contributed by atoms with E-state index in [4.69, 9.17) is 0 Å². The molecule has 3 nitrogen and oxygen atoms in total. The van der Waals surface area contributed by atoms with Crippen LogP contribution in [0, 0.1) is 6.92 Å². The Morgan fingerprint density at radius 2 is 2.20 bits per heavy atom. The number of hydrogen-bond donors (Lipinski definition) is 1. The normalized spacial score (nSPS) is 11.0. The van der Waals surface area contributed by atoms with E-state index in [1.54, 1.807) is 0 Å². The van der Waals surface area contributed by atoms with Crippen LogP contribution in [-0.2, 0) is 9.53 Å². The number of carbonyl (C=O) groups excluding carboxylic acids is 1. The van der Waals surface area contributed by atoms with E-state index in [0.29, 0.717) is 0 Å². The molecular formula is C12H15NO2. The van der Waals surface area contributed by atoms with Gasteiger partial charge in [-0.25, -0.2) is 4.79 Å². The van der Waals surface area contributed by atoms with Gasteiger partial charge >= 0.3 is 5.97 Å². The molecule has 0 unspecified atom stereocenters. The van der Waals surface area contributed by atoms with Gasteiger partial charge in [0.05, 0.1) is 7.11 Å². The molecule has 80 valence electrons. The fourth-order valence-corrected chi connectivity index (χ4v) is 1.22. The number of methoxy groups -OCH3 is 1. The summed E-state index contributed by atoms with van der Waals surface area (Å²) in [4.78, 5) is 10.9. The van der Waals surface area contributed by atoms with Crippen LogP contribution in [0.15, 0.2) is 36.0 Å². The highest BCUT2D eigenvalue weighted by molar-refractivity contribution is 5.83. The molecule has 0 aromatic heterocycles. The number of rotatable bonds is 3. The Kier molecular flexibility index (Phi) is 3.92. The quantitative estimate of drug-likeness (QED) is 0.608. The van der Waals surface area contributed by atoms with Crippen molar-refractivity contribution in [3.05, 3.63) is 41.6 Å². The summed E-state index contributed by atoms with van der Waals surface area (Å²) in [5.41, 5.74) is 2.89. The van der Waals surface area contributed by atoms with Gasteiger partial charge in [0.2, 0.25) is 0 Å². The van der Waals surface area contributed by atoms with E-state index in [-0.39, 0.29) is 5.97 Å². The molecule has 0 saturated heterocycles. The van der Waals surface area contributed by atoms with Gasteiger partial charge in [-0.2, -0.15) is 0 Å². The van der Waals surface area contributed by atoms with E-state index in [9.17, 15) is 4.79 Å². The molecule has 0 aliphatic heterocycles. The molecule has 0 heterocycles. The number of allylic oxidation sites excluding steroid dienone is 1. The fraction of sp³-hybridized carbons (Fsp3) is 0.250. The molecule has 1 N–H and O–H groups in total. The molecule has 0 radical (unpaired) electrons. The van der Waals surface area contributed by atoms with Crippen LogP contribution in [0.2, 0.25) is 0 Å². The van der Waals surface area contributed by atoms with Crippen molar-refractivity contribution in [2.24, 2.45) is 0 Å². The molecule has 1 rings (SSSR count).